The van der Waals surface area contributed by atoms with Crippen molar-refractivity contribution < 1.29 is 4.79 Å². The van der Waals surface area contributed by atoms with Crippen LogP contribution >= 0.6 is 11.8 Å². The van der Waals surface area contributed by atoms with Crippen LogP contribution in [0.15, 0.2) is 47.6 Å². The van der Waals surface area contributed by atoms with E-state index in [1.807, 2.05) is 32.0 Å². The van der Waals surface area contributed by atoms with Crippen molar-refractivity contribution in [3.05, 3.63) is 59.2 Å². The maximum absolute atomic E-state index is 12.2. The number of thioether (sulfide) groups is 1. The van der Waals surface area contributed by atoms with Gasteiger partial charge in [-0.15, -0.1) is 5.10 Å². The molecule has 3 aromatic rings. The Hall–Kier alpha value is -3.18. The van der Waals surface area contributed by atoms with Crippen LogP contribution in [0, 0.1) is 25.2 Å². The zero-order chi connectivity index (χ0) is 19.2. The maximum atomic E-state index is 12.2. The van der Waals surface area contributed by atoms with Crippen LogP contribution in [-0.4, -0.2) is 31.9 Å². The minimum atomic E-state index is -0.157. The first-order chi connectivity index (χ1) is 13.1. The van der Waals surface area contributed by atoms with E-state index >= 15 is 0 Å². The Bertz CT molecular complexity index is 1010. The standard InChI is InChI=1S/C19H18N6OS/c1-13-6-5-9-17(14(13)2)25-19(22-23-24-25)27-11-10-18(26)21-16-8-4-3-7-15(16)12-20/h3-9H,10-11H2,1-2H3,(H,21,26). The number of nitrogens with one attached hydrogen (secondary N) is 1. The number of aromatic nitrogens is 4. The summed E-state index contributed by atoms with van der Waals surface area (Å²) in [5.74, 6) is 0.363. The summed E-state index contributed by atoms with van der Waals surface area (Å²) in [4.78, 5) is 12.2. The van der Waals surface area contributed by atoms with Crippen molar-refractivity contribution in [3.63, 3.8) is 0 Å². The predicted molar refractivity (Wildman–Crippen MR) is 104 cm³/mol. The molecule has 1 aromatic heterocycles. The smallest absolute Gasteiger partial charge is 0.225 e. The molecule has 0 bridgehead atoms. The molecule has 0 aliphatic carbocycles. The lowest BCUT2D eigenvalue weighted by Crippen LogP contribution is -2.13. The van der Waals surface area contributed by atoms with E-state index in [9.17, 15) is 4.79 Å². The van der Waals surface area contributed by atoms with Crippen molar-refractivity contribution in [2.45, 2.75) is 25.4 Å². The van der Waals surface area contributed by atoms with Gasteiger partial charge in [-0.25, -0.2) is 0 Å². The van der Waals surface area contributed by atoms with E-state index in [0.29, 0.717) is 22.2 Å². The summed E-state index contributed by atoms with van der Waals surface area (Å²) < 4.78 is 1.69. The average molecular weight is 378 g/mol. The molecule has 0 saturated carbocycles. The lowest BCUT2D eigenvalue weighted by Gasteiger charge is -2.09. The number of hydrogen-bond donors (Lipinski definition) is 1. The highest BCUT2D eigenvalue weighted by atomic mass is 32.2. The van der Waals surface area contributed by atoms with E-state index in [0.717, 1.165) is 16.8 Å². The highest BCUT2D eigenvalue weighted by Crippen LogP contribution is 2.23. The van der Waals surface area contributed by atoms with Gasteiger partial charge in [0.1, 0.15) is 6.07 Å². The van der Waals surface area contributed by atoms with E-state index in [4.69, 9.17) is 5.26 Å². The molecule has 136 valence electrons. The Kier molecular flexibility index (Phi) is 5.84. The van der Waals surface area contributed by atoms with Gasteiger partial charge in [0.05, 0.1) is 16.9 Å². The van der Waals surface area contributed by atoms with Gasteiger partial charge in [0.2, 0.25) is 11.1 Å². The third kappa shape index (κ3) is 4.33. The van der Waals surface area contributed by atoms with E-state index in [1.54, 1.807) is 28.9 Å². The summed E-state index contributed by atoms with van der Waals surface area (Å²) in [6.45, 7) is 4.07. The van der Waals surface area contributed by atoms with Crippen LogP contribution in [0.4, 0.5) is 5.69 Å². The van der Waals surface area contributed by atoms with Gasteiger partial charge >= 0.3 is 0 Å². The van der Waals surface area contributed by atoms with Gasteiger partial charge in [0.25, 0.3) is 0 Å². The van der Waals surface area contributed by atoms with Gasteiger partial charge in [-0.3, -0.25) is 4.79 Å². The second-order valence-corrected chi connectivity index (χ2v) is 6.96. The summed E-state index contributed by atoms with van der Waals surface area (Å²) in [7, 11) is 0. The molecule has 7 nitrogen and oxygen atoms in total. The number of para-hydroxylation sites is 1. The molecule has 0 fully saturated rings. The average Bonchev–Trinajstić information content (AvgIpc) is 3.12. The molecular weight excluding hydrogens is 360 g/mol. The van der Waals surface area contributed by atoms with Gasteiger partial charge in [-0.1, -0.05) is 36.0 Å². The lowest BCUT2D eigenvalue weighted by molar-refractivity contribution is -0.115. The summed E-state index contributed by atoms with van der Waals surface area (Å²) in [6, 6.07) is 15.0. The Morgan fingerprint density at radius 1 is 1.22 bits per heavy atom. The zero-order valence-electron chi connectivity index (χ0n) is 15.0. The number of tetrazole rings is 1. The second kappa shape index (κ2) is 8.47. The number of carbonyl (C=O) groups is 1. The van der Waals surface area contributed by atoms with Gasteiger partial charge < -0.3 is 5.32 Å². The molecular formula is C19H18N6OS. The number of benzene rings is 2. The third-order valence-corrected chi connectivity index (χ3v) is 5.05. The van der Waals surface area contributed by atoms with Gasteiger partial charge in [-0.05, 0) is 53.6 Å². The van der Waals surface area contributed by atoms with Crippen molar-refractivity contribution in [1.82, 2.24) is 20.2 Å². The molecule has 3 rings (SSSR count). The topological polar surface area (TPSA) is 96.5 Å². The Balaban J connectivity index is 1.62. The number of amides is 1. The minimum Gasteiger partial charge on any atom is -0.325 e. The fourth-order valence-electron chi connectivity index (χ4n) is 2.52. The van der Waals surface area contributed by atoms with Gasteiger partial charge in [0.15, 0.2) is 0 Å². The van der Waals surface area contributed by atoms with Crippen molar-refractivity contribution in [1.29, 1.82) is 5.26 Å². The first-order valence-corrected chi connectivity index (χ1v) is 9.35. The van der Waals surface area contributed by atoms with Crippen LogP contribution in [0.5, 0.6) is 0 Å². The second-order valence-electron chi connectivity index (χ2n) is 5.90. The number of aryl methyl sites for hydroxylation is 1. The Morgan fingerprint density at radius 3 is 2.85 bits per heavy atom. The fourth-order valence-corrected chi connectivity index (χ4v) is 3.34. The summed E-state index contributed by atoms with van der Waals surface area (Å²) in [5, 5.41) is 24.4. The molecule has 0 radical (unpaired) electrons. The molecule has 0 spiro atoms. The van der Waals surface area contributed by atoms with Crippen molar-refractivity contribution >= 4 is 23.4 Å². The molecule has 1 heterocycles. The molecule has 27 heavy (non-hydrogen) atoms. The lowest BCUT2D eigenvalue weighted by atomic mass is 10.1. The summed E-state index contributed by atoms with van der Waals surface area (Å²) >= 11 is 1.41. The molecule has 0 unspecified atom stereocenters. The van der Waals surface area contributed by atoms with Gasteiger partial charge in [0, 0.05) is 12.2 Å². The minimum absolute atomic E-state index is 0.157. The number of anilines is 1. The van der Waals surface area contributed by atoms with E-state index in [-0.39, 0.29) is 12.3 Å². The van der Waals surface area contributed by atoms with Crippen LogP contribution in [0.25, 0.3) is 5.69 Å². The van der Waals surface area contributed by atoms with Crippen LogP contribution in [-0.2, 0) is 4.79 Å². The Labute approximate surface area is 161 Å². The molecule has 1 amide bonds. The SMILES string of the molecule is Cc1cccc(-n2nnnc2SCCC(=O)Nc2ccccc2C#N)c1C. The normalized spacial score (nSPS) is 10.4. The molecule has 0 aliphatic rings. The largest absolute Gasteiger partial charge is 0.325 e. The molecule has 1 N–H and O–H groups in total. The first kappa shape index (κ1) is 18.6. The number of carbonyl (C=O) groups excluding carboxylic acids is 1. The molecule has 0 aliphatic heterocycles. The number of rotatable bonds is 6. The van der Waals surface area contributed by atoms with Crippen molar-refractivity contribution in [2.75, 3.05) is 11.1 Å². The van der Waals surface area contributed by atoms with E-state index < -0.39 is 0 Å². The predicted octanol–water partition coefficient (Wildman–Crippen LogP) is 3.27. The maximum Gasteiger partial charge on any atom is 0.225 e. The van der Waals surface area contributed by atoms with Crippen LogP contribution in [0.2, 0.25) is 0 Å². The van der Waals surface area contributed by atoms with Crippen LogP contribution in [0.3, 0.4) is 0 Å². The third-order valence-electron chi connectivity index (χ3n) is 4.13. The van der Waals surface area contributed by atoms with Crippen molar-refractivity contribution in [3.8, 4) is 11.8 Å². The van der Waals surface area contributed by atoms with Gasteiger partial charge in [-0.2, -0.15) is 9.94 Å². The highest BCUT2D eigenvalue weighted by molar-refractivity contribution is 7.99. The quantitative estimate of drug-likeness (QED) is 0.661. The van der Waals surface area contributed by atoms with E-state index in [1.165, 1.54) is 11.8 Å². The number of nitrogens with zero attached hydrogens (tertiary/aromatic N) is 5. The highest BCUT2D eigenvalue weighted by Gasteiger charge is 2.13. The Morgan fingerprint density at radius 2 is 2.04 bits per heavy atom. The molecule has 0 saturated heterocycles. The zero-order valence-corrected chi connectivity index (χ0v) is 15.8. The molecule has 2 aromatic carbocycles. The van der Waals surface area contributed by atoms with Crippen molar-refractivity contribution in [2.24, 2.45) is 0 Å². The molecule has 0 atom stereocenters. The number of nitriles is 1. The van der Waals surface area contributed by atoms with E-state index in [2.05, 4.69) is 26.9 Å². The first-order valence-electron chi connectivity index (χ1n) is 8.37. The van der Waals surface area contributed by atoms with Crippen LogP contribution in [0.1, 0.15) is 23.1 Å². The monoisotopic (exact) mass is 378 g/mol. The fraction of sp³-hybridized carbons (Fsp3) is 0.211. The number of hydrogen-bond acceptors (Lipinski definition) is 6. The summed E-state index contributed by atoms with van der Waals surface area (Å²) in [5.41, 5.74) is 4.16. The van der Waals surface area contributed by atoms with Crippen LogP contribution < -0.4 is 5.32 Å². The summed E-state index contributed by atoms with van der Waals surface area (Å²) in [6.07, 6.45) is 0.282. The molecule has 8 heteroatoms.